The number of nitrogens with two attached hydrogens (primary N) is 1. The molecule has 6 atom stereocenters. The summed E-state index contributed by atoms with van der Waals surface area (Å²) in [4.78, 5) is 18.6. The van der Waals surface area contributed by atoms with Crippen molar-refractivity contribution in [3.05, 3.63) is 0 Å². The number of phosphoric acid groups is 1. The predicted molar refractivity (Wildman–Crippen MR) is 46.6 cm³/mol. The Bertz CT molecular complexity index is 287. The van der Waals surface area contributed by atoms with E-state index in [-0.39, 0.29) is 29.6 Å². The summed E-state index contributed by atoms with van der Waals surface area (Å²) in [7, 11) is -4.95. The minimum absolute atomic E-state index is 0. The summed E-state index contributed by atoms with van der Waals surface area (Å²) in [6.45, 7) is -0.737. The molecule has 9 nitrogen and oxygen atoms in total. The Morgan fingerprint density at radius 1 is 1.35 bits per heavy atom. The van der Waals surface area contributed by atoms with Crippen molar-refractivity contribution in [2.75, 3.05) is 6.61 Å². The van der Waals surface area contributed by atoms with Gasteiger partial charge in [0.15, 0.2) is 6.29 Å². The number of aliphatic hydroxyl groups is 3. The first kappa shape index (κ1) is 17.9. The van der Waals surface area contributed by atoms with Crippen molar-refractivity contribution in [1.82, 2.24) is 0 Å². The molecule has 0 spiro atoms. The van der Waals surface area contributed by atoms with Crippen molar-refractivity contribution < 1.29 is 68.5 Å². The second-order valence-corrected chi connectivity index (χ2v) is 4.58. The van der Waals surface area contributed by atoms with Crippen molar-refractivity contribution in [2.45, 2.75) is 30.6 Å². The fraction of sp³-hybridized carbons (Fsp3) is 1.00. The van der Waals surface area contributed by atoms with Gasteiger partial charge < -0.3 is 40.1 Å². The summed E-state index contributed by atoms with van der Waals surface area (Å²) < 4.78 is 19.0. The van der Waals surface area contributed by atoms with Crippen LogP contribution in [0.2, 0.25) is 0 Å². The van der Waals surface area contributed by atoms with Gasteiger partial charge in [-0.3, -0.25) is 4.57 Å². The van der Waals surface area contributed by atoms with E-state index in [9.17, 15) is 24.8 Å². The summed E-state index contributed by atoms with van der Waals surface area (Å²) in [5, 5.41) is 27.9. The molecule has 0 aromatic carbocycles. The number of hydrogen-bond acceptors (Lipinski definition) is 8. The molecule has 0 radical (unpaired) electrons. The van der Waals surface area contributed by atoms with Gasteiger partial charge in [0.05, 0.1) is 12.6 Å². The molecule has 0 bridgehead atoms. The van der Waals surface area contributed by atoms with Crippen LogP contribution in [-0.4, -0.2) is 57.5 Å². The van der Waals surface area contributed by atoms with Crippen LogP contribution in [0.25, 0.3) is 0 Å². The van der Waals surface area contributed by atoms with E-state index in [0.29, 0.717) is 0 Å². The molecule has 17 heavy (non-hydrogen) atoms. The molecule has 96 valence electrons. The molecule has 1 heterocycles. The third kappa shape index (κ3) is 5.19. The molecule has 0 amide bonds. The van der Waals surface area contributed by atoms with Crippen molar-refractivity contribution in [2.24, 2.45) is 5.73 Å². The van der Waals surface area contributed by atoms with Gasteiger partial charge in [0.1, 0.15) is 18.3 Å². The molecule has 1 aliphatic heterocycles. The smallest absolute Gasteiger partial charge is 0.756 e. The van der Waals surface area contributed by atoms with Crippen molar-refractivity contribution in [3.8, 4) is 0 Å². The van der Waals surface area contributed by atoms with Crippen LogP contribution < -0.4 is 40.2 Å². The molecular formula is C6H13NNaO8P. The first-order valence-electron chi connectivity index (χ1n) is 4.36. The number of aliphatic hydroxyl groups excluding tert-OH is 3. The molecule has 11 heteroatoms. The van der Waals surface area contributed by atoms with Gasteiger partial charge in [0.2, 0.25) is 0 Å². The second-order valence-electron chi connectivity index (χ2n) is 3.39. The van der Waals surface area contributed by atoms with Crippen LogP contribution in [0, 0.1) is 0 Å². The van der Waals surface area contributed by atoms with E-state index in [1.807, 2.05) is 0 Å². The van der Waals surface area contributed by atoms with Crippen molar-refractivity contribution in [3.63, 3.8) is 0 Å². The molecule has 1 aliphatic rings. The van der Waals surface area contributed by atoms with Gasteiger partial charge in [0.25, 0.3) is 7.82 Å². The largest absolute Gasteiger partial charge is 1.00 e. The fourth-order valence-corrected chi connectivity index (χ4v) is 1.61. The SMILES string of the molecule is NC1C(O)OC(COP(=O)([O-])O)C(O)C1O.[Na+]. The Balaban J connectivity index is 0.00000256. The molecule has 0 saturated carbocycles. The predicted octanol–water partition coefficient (Wildman–Crippen LogP) is -6.77. The number of ether oxygens (including phenoxy) is 1. The zero-order chi connectivity index (χ0) is 12.5. The number of hydrogen-bond donors (Lipinski definition) is 5. The summed E-state index contributed by atoms with van der Waals surface area (Å²) >= 11 is 0. The van der Waals surface area contributed by atoms with Crippen LogP contribution >= 0.6 is 7.82 Å². The van der Waals surface area contributed by atoms with E-state index >= 15 is 0 Å². The Morgan fingerprint density at radius 2 is 1.88 bits per heavy atom. The van der Waals surface area contributed by atoms with E-state index in [2.05, 4.69) is 4.52 Å². The molecule has 1 saturated heterocycles. The topological polar surface area (TPSA) is 166 Å². The Morgan fingerprint density at radius 3 is 2.35 bits per heavy atom. The molecule has 0 aromatic rings. The average Bonchev–Trinajstić information content (AvgIpc) is 2.17. The normalized spacial score (nSPS) is 41.4. The molecule has 0 aliphatic carbocycles. The fourth-order valence-electron chi connectivity index (χ4n) is 1.27. The Hall–Kier alpha value is 0.910. The zero-order valence-electron chi connectivity index (χ0n) is 9.04. The number of phosphoric ester groups is 1. The number of rotatable bonds is 3. The van der Waals surface area contributed by atoms with Gasteiger partial charge >= 0.3 is 29.6 Å². The quantitative estimate of drug-likeness (QED) is 0.249. The van der Waals surface area contributed by atoms with Gasteiger partial charge in [-0.1, -0.05) is 0 Å². The minimum Gasteiger partial charge on any atom is -0.756 e. The molecule has 1 fully saturated rings. The van der Waals surface area contributed by atoms with E-state index < -0.39 is 45.1 Å². The van der Waals surface area contributed by atoms with E-state index in [4.69, 9.17) is 15.4 Å². The van der Waals surface area contributed by atoms with E-state index in [0.717, 1.165) is 0 Å². The zero-order valence-corrected chi connectivity index (χ0v) is 11.9. The third-order valence-corrected chi connectivity index (χ3v) is 2.65. The minimum atomic E-state index is -4.95. The van der Waals surface area contributed by atoms with E-state index in [1.165, 1.54) is 0 Å². The summed E-state index contributed by atoms with van der Waals surface area (Å²) in [6.07, 6.45) is -5.87. The second kappa shape index (κ2) is 6.90. The first-order valence-corrected chi connectivity index (χ1v) is 5.85. The molecule has 1 rings (SSSR count). The third-order valence-electron chi connectivity index (χ3n) is 2.17. The summed E-state index contributed by atoms with van der Waals surface area (Å²) in [5.41, 5.74) is 5.26. The summed E-state index contributed by atoms with van der Waals surface area (Å²) in [5.74, 6) is 0. The first-order chi connectivity index (χ1) is 7.22. The van der Waals surface area contributed by atoms with Crippen LogP contribution in [-0.2, 0) is 13.8 Å². The Kier molecular flexibility index (Phi) is 7.27. The standard InChI is InChI=1S/C6H14NO8P.Na/c7-3-5(9)4(8)2(15-6(3)10)1-14-16(11,12)13;/h2-6,8-10H,1,7H2,(H2,11,12,13);/q;+1/p-1. The monoisotopic (exact) mass is 281 g/mol. The van der Waals surface area contributed by atoms with Crippen molar-refractivity contribution in [1.29, 1.82) is 0 Å². The van der Waals surface area contributed by atoms with Crippen LogP contribution in [0.3, 0.4) is 0 Å². The van der Waals surface area contributed by atoms with Crippen LogP contribution in [0.4, 0.5) is 0 Å². The Labute approximate surface area is 119 Å². The van der Waals surface area contributed by atoms with Crippen molar-refractivity contribution >= 4 is 7.82 Å². The van der Waals surface area contributed by atoms with Crippen LogP contribution in [0.5, 0.6) is 0 Å². The maximum Gasteiger partial charge on any atom is 1.00 e. The van der Waals surface area contributed by atoms with E-state index in [1.54, 1.807) is 0 Å². The van der Waals surface area contributed by atoms with Gasteiger partial charge in [-0.25, -0.2) is 0 Å². The van der Waals surface area contributed by atoms with Crippen LogP contribution in [0.1, 0.15) is 0 Å². The maximum absolute atomic E-state index is 10.3. The van der Waals surface area contributed by atoms with Gasteiger partial charge in [-0.05, 0) is 0 Å². The van der Waals surface area contributed by atoms with Crippen LogP contribution in [0.15, 0.2) is 0 Å². The molecule has 6 N–H and O–H groups in total. The van der Waals surface area contributed by atoms with Gasteiger partial charge in [0, 0.05) is 0 Å². The summed E-state index contributed by atoms with van der Waals surface area (Å²) in [6, 6.07) is -1.21. The maximum atomic E-state index is 10.3. The molecule has 0 aromatic heterocycles. The van der Waals surface area contributed by atoms with Gasteiger partial charge in [-0.2, -0.15) is 0 Å². The average molecular weight is 281 g/mol. The van der Waals surface area contributed by atoms with Gasteiger partial charge in [-0.15, -0.1) is 0 Å². The molecular weight excluding hydrogens is 268 g/mol. The molecule has 6 unspecified atom stereocenters.